The minimum absolute atomic E-state index is 0.0950. The number of nitrogens with zero attached hydrogens (tertiary/aromatic N) is 2. The van der Waals surface area contributed by atoms with E-state index in [1.54, 1.807) is 30.3 Å². The number of carbonyl (C=O) groups is 1. The molecule has 164 valence electrons. The minimum Gasteiger partial charge on any atom is -0.493 e. The molecule has 0 aliphatic carbocycles. The highest BCUT2D eigenvalue weighted by molar-refractivity contribution is 7.89. The van der Waals surface area contributed by atoms with Gasteiger partial charge in [-0.15, -0.1) is 0 Å². The van der Waals surface area contributed by atoms with Crippen LogP contribution in [0.3, 0.4) is 0 Å². The summed E-state index contributed by atoms with van der Waals surface area (Å²) in [5.74, 6) is 0.749. The second-order valence-electron chi connectivity index (χ2n) is 6.29. The second kappa shape index (κ2) is 9.82. The Morgan fingerprint density at radius 3 is 2.55 bits per heavy atom. The number of rotatable bonds is 9. The summed E-state index contributed by atoms with van der Waals surface area (Å²) in [6.45, 7) is -0.600. The van der Waals surface area contributed by atoms with Gasteiger partial charge in [-0.1, -0.05) is 11.6 Å². The molecular formula is C20H20ClN3O6S. The smallest absolute Gasteiger partial charge is 0.245 e. The van der Waals surface area contributed by atoms with Crippen LogP contribution in [0.2, 0.25) is 5.15 Å². The predicted molar refractivity (Wildman–Crippen MR) is 114 cm³/mol. The third-order valence-corrected chi connectivity index (χ3v) is 6.24. The Labute approximate surface area is 184 Å². The van der Waals surface area contributed by atoms with E-state index in [1.165, 1.54) is 32.6 Å². The number of aromatic nitrogens is 1. The van der Waals surface area contributed by atoms with E-state index in [2.05, 4.69) is 10.3 Å². The number of carbonyl (C=O) groups excluding carboxylic acids is 1. The maximum atomic E-state index is 13.1. The van der Waals surface area contributed by atoms with Gasteiger partial charge in [0.15, 0.2) is 11.5 Å². The Balaban J connectivity index is 1.83. The summed E-state index contributed by atoms with van der Waals surface area (Å²) in [5.41, 5.74) is 0.422. The monoisotopic (exact) mass is 465 g/mol. The normalized spacial score (nSPS) is 11.4. The summed E-state index contributed by atoms with van der Waals surface area (Å²) < 4.78 is 42.9. The number of anilines is 1. The van der Waals surface area contributed by atoms with Crippen LogP contribution in [0.1, 0.15) is 5.76 Å². The summed E-state index contributed by atoms with van der Waals surface area (Å²) in [6, 6.07) is 10.8. The SMILES string of the molecule is COc1ccc(NC(=O)CN(Cc2ccco2)S(=O)(=O)c2ccc(Cl)nc2)cc1OC. The van der Waals surface area contributed by atoms with Crippen molar-refractivity contribution in [2.24, 2.45) is 0 Å². The van der Waals surface area contributed by atoms with E-state index < -0.39 is 22.5 Å². The first-order valence-electron chi connectivity index (χ1n) is 8.99. The average Bonchev–Trinajstić information content (AvgIpc) is 3.26. The summed E-state index contributed by atoms with van der Waals surface area (Å²) in [4.78, 5) is 16.4. The molecular weight excluding hydrogens is 446 g/mol. The predicted octanol–water partition coefficient (Wildman–Crippen LogP) is 3.17. The van der Waals surface area contributed by atoms with Crippen LogP contribution in [0.4, 0.5) is 5.69 Å². The molecule has 3 rings (SSSR count). The molecule has 2 aromatic heterocycles. The number of nitrogens with one attached hydrogen (secondary N) is 1. The fourth-order valence-corrected chi connectivity index (χ4v) is 4.16. The molecule has 0 radical (unpaired) electrons. The lowest BCUT2D eigenvalue weighted by Gasteiger charge is -2.21. The quantitative estimate of drug-likeness (QED) is 0.483. The number of benzene rings is 1. The van der Waals surface area contributed by atoms with Gasteiger partial charge in [-0.25, -0.2) is 13.4 Å². The minimum atomic E-state index is -4.06. The lowest BCUT2D eigenvalue weighted by atomic mass is 10.2. The Morgan fingerprint density at radius 1 is 1.16 bits per heavy atom. The first-order valence-corrected chi connectivity index (χ1v) is 10.8. The molecule has 0 spiro atoms. The van der Waals surface area contributed by atoms with Crippen molar-refractivity contribution in [1.82, 2.24) is 9.29 Å². The van der Waals surface area contributed by atoms with Gasteiger partial charge >= 0.3 is 0 Å². The molecule has 0 bridgehead atoms. The molecule has 1 aromatic carbocycles. The molecule has 3 aromatic rings. The van der Waals surface area contributed by atoms with Gasteiger partial charge in [0.2, 0.25) is 15.9 Å². The first-order chi connectivity index (χ1) is 14.8. The number of halogens is 1. The number of methoxy groups -OCH3 is 2. The van der Waals surface area contributed by atoms with Crippen molar-refractivity contribution in [2.75, 3.05) is 26.1 Å². The van der Waals surface area contributed by atoms with Crippen molar-refractivity contribution in [2.45, 2.75) is 11.4 Å². The third-order valence-electron chi connectivity index (χ3n) is 4.24. The maximum absolute atomic E-state index is 13.1. The molecule has 9 nitrogen and oxygen atoms in total. The number of ether oxygens (including phenoxy) is 2. The van der Waals surface area contributed by atoms with Crippen molar-refractivity contribution in [1.29, 1.82) is 0 Å². The van der Waals surface area contributed by atoms with Gasteiger partial charge < -0.3 is 19.2 Å². The van der Waals surface area contributed by atoms with Gasteiger partial charge in [-0.05, 0) is 36.4 Å². The molecule has 0 atom stereocenters. The number of pyridine rings is 1. The number of sulfonamides is 1. The number of amides is 1. The Morgan fingerprint density at radius 2 is 1.94 bits per heavy atom. The van der Waals surface area contributed by atoms with E-state index in [-0.39, 0.29) is 16.6 Å². The number of hydrogen-bond donors (Lipinski definition) is 1. The van der Waals surface area contributed by atoms with E-state index in [0.717, 1.165) is 10.5 Å². The van der Waals surface area contributed by atoms with Crippen LogP contribution in [0.15, 0.2) is 64.2 Å². The second-order valence-corrected chi connectivity index (χ2v) is 8.61. The van der Waals surface area contributed by atoms with E-state index in [1.807, 2.05) is 0 Å². The zero-order valence-corrected chi connectivity index (χ0v) is 18.3. The van der Waals surface area contributed by atoms with E-state index in [0.29, 0.717) is 22.9 Å². The molecule has 1 N–H and O–H groups in total. The highest BCUT2D eigenvalue weighted by Crippen LogP contribution is 2.29. The molecule has 1 amide bonds. The van der Waals surface area contributed by atoms with Crippen LogP contribution in [0.5, 0.6) is 11.5 Å². The van der Waals surface area contributed by atoms with Crippen LogP contribution in [0.25, 0.3) is 0 Å². The molecule has 0 saturated heterocycles. The molecule has 31 heavy (non-hydrogen) atoms. The molecule has 0 saturated carbocycles. The van der Waals surface area contributed by atoms with Crippen molar-refractivity contribution < 1.29 is 27.1 Å². The summed E-state index contributed by atoms with van der Waals surface area (Å²) in [5, 5.41) is 2.82. The molecule has 0 aliphatic heterocycles. The molecule has 2 heterocycles. The van der Waals surface area contributed by atoms with Crippen molar-refractivity contribution in [3.05, 3.63) is 65.8 Å². The lowest BCUT2D eigenvalue weighted by molar-refractivity contribution is -0.116. The summed E-state index contributed by atoms with van der Waals surface area (Å²) >= 11 is 5.76. The van der Waals surface area contributed by atoms with E-state index in [9.17, 15) is 13.2 Å². The molecule has 11 heteroatoms. The van der Waals surface area contributed by atoms with Gasteiger partial charge in [-0.3, -0.25) is 4.79 Å². The van der Waals surface area contributed by atoms with Crippen LogP contribution in [-0.2, 0) is 21.4 Å². The highest BCUT2D eigenvalue weighted by atomic mass is 35.5. The van der Waals surface area contributed by atoms with Gasteiger partial charge in [0, 0.05) is 18.0 Å². The largest absolute Gasteiger partial charge is 0.493 e. The topological polar surface area (TPSA) is 111 Å². The van der Waals surface area contributed by atoms with Gasteiger partial charge in [0.05, 0.1) is 33.6 Å². The van der Waals surface area contributed by atoms with Gasteiger partial charge in [0.1, 0.15) is 15.8 Å². The van der Waals surface area contributed by atoms with Crippen LogP contribution in [0, 0.1) is 0 Å². The van der Waals surface area contributed by atoms with Crippen LogP contribution >= 0.6 is 11.6 Å². The van der Waals surface area contributed by atoms with Crippen molar-refractivity contribution in [3.63, 3.8) is 0 Å². The zero-order chi connectivity index (χ0) is 22.4. The molecule has 0 aliphatic rings. The highest BCUT2D eigenvalue weighted by Gasteiger charge is 2.28. The maximum Gasteiger partial charge on any atom is 0.245 e. The zero-order valence-electron chi connectivity index (χ0n) is 16.7. The molecule has 0 fully saturated rings. The Kier molecular flexibility index (Phi) is 7.16. The van der Waals surface area contributed by atoms with Crippen molar-refractivity contribution in [3.8, 4) is 11.5 Å². The first kappa shape index (κ1) is 22.6. The average molecular weight is 466 g/mol. The standard InChI is InChI=1S/C20H20ClN3O6S/c1-28-17-7-5-14(10-18(17)29-2)23-20(25)13-24(12-15-4-3-9-30-15)31(26,27)16-6-8-19(21)22-11-16/h3-11H,12-13H2,1-2H3,(H,23,25). The fourth-order valence-electron chi connectivity index (χ4n) is 2.74. The number of hydrogen-bond acceptors (Lipinski definition) is 7. The van der Waals surface area contributed by atoms with Gasteiger partial charge in [0.25, 0.3) is 0 Å². The van der Waals surface area contributed by atoms with E-state index in [4.69, 9.17) is 25.5 Å². The molecule has 0 unspecified atom stereocenters. The fraction of sp³-hybridized carbons (Fsp3) is 0.200. The lowest BCUT2D eigenvalue weighted by Crippen LogP contribution is -2.37. The number of furan rings is 1. The van der Waals surface area contributed by atoms with Gasteiger partial charge in [-0.2, -0.15) is 4.31 Å². The van der Waals surface area contributed by atoms with Crippen LogP contribution < -0.4 is 14.8 Å². The Hall–Kier alpha value is -3.08. The summed E-state index contributed by atoms with van der Waals surface area (Å²) in [6.07, 6.45) is 2.56. The Bertz CT molecular complexity index is 1130. The van der Waals surface area contributed by atoms with Crippen molar-refractivity contribution >= 4 is 33.2 Å². The van der Waals surface area contributed by atoms with Crippen LogP contribution in [-0.4, -0.2) is 44.4 Å². The third kappa shape index (κ3) is 5.54. The van der Waals surface area contributed by atoms with E-state index >= 15 is 0 Å². The summed E-state index contributed by atoms with van der Waals surface area (Å²) in [7, 11) is -1.09.